The summed E-state index contributed by atoms with van der Waals surface area (Å²) in [6.45, 7) is 3.27. The number of benzene rings is 2. The van der Waals surface area contributed by atoms with E-state index in [4.69, 9.17) is 4.74 Å². The highest BCUT2D eigenvalue weighted by molar-refractivity contribution is 7.21. The summed E-state index contributed by atoms with van der Waals surface area (Å²) in [6.07, 6.45) is 1.03. The summed E-state index contributed by atoms with van der Waals surface area (Å²) in [7, 11) is 1.68. The number of carbonyl (C=O) groups is 1. The smallest absolute Gasteiger partial charge is 0.261 e. The first-order valence-corrected chi connectivity index (χ1v) is 10.3. The van der Waals surface area contributed by atoms with Crippen molar-refractivity contribution >= 4 is 27.3 Å². The molecule has 1 atom stereocenters. The number of carbonyl (C=O) groups excluding carboxylic acids is 1. The molecule has 1 N–H and O–H groups in total. The van der Waals surface area contributed by atoms with Gasteiger partial charge in [0.2, 0.25) is 0 Å². The quantitative estimate of drug-likeness (QED) is 0.674. The van der Waals surface area contributed by atoms with Crippen molar-refractivity contribution in [3.8, 4) is 5.75 Å². The van der Waals surface area contributed by atoms with Crippen molar-refractivity contribution in [2.75, 3.05) is 33.3 Å². The first-order valence-electron chi connectivity index (χ1n) is 9.50. The number of nitrogens with zero attached hydrogens (tertiary/aromatic N) is 1. The highest BCUT2D eigenvalue weighted by Crippen LogP contribution is 2.40. The number of amides is 1. The first-order chi connectivity index (χ1) is 13.7. The van der Waals surface area contributed by atoms with Crippen LogP contribution in [0.15, 0.2) is 48.5 Å². The van der Waals surface area contributed by atoms with Crippen molar-refractivity contribution in [2.24, 2.45) is 0 Å². The molecule has 0 unspecified atom stereocenters. The van der Waals surface area contributed by atoms with Gasteiger partial charge in [0.1, 0.15) is 18.2 Å². The largest absolute Gasteiger partial charge is 0.492 e. The zero-order chi connectivity index (χ0) is 19.5. The molecule has 0 saturated carbocycles. The van der Waals surface area contributed by atoms with Crippen molar-refractivity contribution in [3.05, 3.63) is 64.8 Å². The fraction of sp³-hybridized carbons (Fsp3) is 0.318. The third-order valence-electron chi connectivity index (χ3n) is 5.24. The van der Waals surface area contributed by atoms with Crippen LogP contribution >= 0.6 is 11.3 Å². The molecule has 1 aliphatic heterocycles. The van der Waals surface area contributed by atoms with Gasteiger partial charge in [-0.3, -0.25) is 9.69 Å². The van der Waals surface area contributed by atoms with Gasteiger partial charge in [-0.2, -0.15) is 0 Å². The van der Waals surface area contributed by atoms with Gasteiger partial charge in [-0.25, -0.2) is 4.39 Å². The molecule has 4 nitrogen and oxygen atoms in total. The van der Waals surface area contributed by atoms with E-state index in [2.05, 4.69) is 22.3 Å². The second-order valence-electron chi connectivity index (χ2n) is 7.01. The minimum absolute atomic E-state index is 0.00528. The Kier molecular flexibility index (Phi) is 5.59. The Labute approximate surface area is 167 Å². The molecule has 4 rings (SSSR count). The van der Waals surface area contributed by atoms with Gasteiger partial charge in [0.05, 0.1) is 4.88 Å². The third kappa shape index (κ3) is 3.88. The monoisotopic (exact) mass is 398 g/mol. The number of hydrogen-bond acceptors (Lipinski definition) is 4. The lowest BCUT2D eigenvalue weighted by atomic mass is 9.95. The van der Waals surface area contributed by atoms with Crippen LogP contribution in [0.4, 0.5) is 4.39 Å². The fourth-order valence-corrected chi connectivity index (χ4v) is 5.08. The first kappa shape index (κ1) is 18.9. The number of thiophene rings is 1. The van der Waals surface area contributed by atoms with Gasteiger partial charge in [0.15, 0.2) is 0 Å². The Morgan fingerprint density at radius 3 is 2.82 bits per heavy atom. The maximum Gasteiger partial charge on any atom is 0.261 e. The standard InChI is InChI=1S/C22H23FN2O2S/c1-24-22(26)21-20(18-4-2-3-5-19(18)28-21)15-10-11-25(14-15)12-13-27-17-8-6-16(23)7-9-17/h2-9,15H,10-14H2,1H3,(H,24,26)/t15-/m1/s1. The second-order valence-corrected chi connectivity index (χ2v) is 8.06. The number of fused-ring (bicyclic) bond motifs is 1. The molecule has 2 aromatic carbocycles. The van der Waals surface area contributed by atoms with Crippen LogP contribution in [0.2, 0.25) is 0 Å². The highest BCUT2D eigenvalue weighted by Gasteiger charge is 2.30. The van der Waals surface area contributed by atoms with E-state index in [1.165, 1.54) is 23.1 Å². The molecule has 0 radical (unpaired) electrons. The Balaban J connectivity index is 1.44. The topological polar surface area (TPSA) is 41.6 Å². The van der Waals surface area contributed by atoms with E-state index in [1.54, 1.807) is 30.5 Å². The average molecular weight is 399 g/mol. The van der Waals surface area contributed by atoms with E-state index in [9.17, 15) is 9.18 Å². The van der Waals surface area contributed by atoms with Crippen LogP contribution in [0.5, 0.6) is 5.75 Å². The van der Waals surface area contributed by atoms with Crippen molar-refractivity contribution in [2.45, 2.75) is 12.3 Å². The lowest BCUT2D eigenvalue weighted by Crippen LogP contribution is -2.26. The SMILES string of the molecule is CNC(=O)c1sc2ccccc2c1[C@@H]1CCN(CCOc2ccc(F)cc2)C1. The highest BCUT2D eigenvalue weighted by atomic mass is 32.1. The van der Waals surface area contributed by atoms with Crippen LogP contribution in [0.1, 0.15) is 27.6 Å². The lowest BCUT2D eigenvalue weighted by molar-refractivity contribution is 0.0966. The van der Waals surface area contributed by atoms with Gasteiger partial charge >= 0.3 is 0 Å². The normalized spacial score (nSPS) is 17.1. The summed E-state index contributed by atoms with van der Waals surface area (Å²) >= 11 is 1.58. The zero-order valence-electron chi connectivity index (χ0n) is 15.8. The van der Waals surface area contributed by atoms with E-state index >= 15 is 0 Å². The predicted octanol–water partition coefficient (Wildman–Crippen LogP) is 4.27. The molecular formula is C22H23FN2O2S. The number of ether oxygens (including phenoxy) is 1. The van der Waals surface area contributed by atoms with Crippen LogP contribution in [-0.4, -0.2) is 44.1 Å². The Bertz CT molecular complexity index is 970. The van der Waals surface area contributed by atoms with E-state index in [0.29, 0.717) is 18.3 Å². The molecule has 1 aromatic heterocycles. The van der Waals surface area contributed by atoms with Crippen molar-refractivity contribution in [1.29, 1.82) is 0 Å². The molecule has 1 fully saturated rings. The Morgan fingerprint density at radius 2 is 2.04 bits per heavy atom. The van der Waals surface area contributed by atoms with Gasteiger partial charge in [-0.1, -0.05) is 18.2 Å². The summed E-state index contributed by atoms with van der Waals surface area (Å²) < 4.78 is 19.9. The van der Waals surface area contributed by atoms with Gasteiger partial charge in [0, 0.05) is 30.8 Å². The molecule has 3 aromatic rings. The second kappa shape index (κ2) is 8.29. The lowest BCUT2D eigenvalue weighted by Gasteiger charge is -2.17. The van der Waals surface area contributed by atoms with Crippen LogP contribution in [-0.2, 0) is 0 Å². The molecular weight excluding hydrogens is 375 g/mol. The maximum absolute atomic E-state index is 13.0. The molecule has 1 saturated heterocycles. The number of halogens is 1. The molecule has 6 heteroatoms. The number of hydrogen-bond donors (Lipinski definition) is 1. The van der Waals surface area contributed by atoms with Gasteiger partial charge in [-0.15, -0.1) is 11.3 Å². The maximum atomic E-state index is 13.0. The molecule has 1 amide bonds. The van der Waals surface area contributed by atoms with Crippen molar-refractivity contribution in [1.82, 2.24) is 10.2 Å². The summed E-state index contributed by atoms with van der Waals surface area (Å²) in [4.78, 5) is 15.6. The minimum atomic E-state index is -0.260. The van der Waals surface area contributed by atoms with Crippen LogP contribution in [0.3, 0.4) is 0 Å². The van der Waals surface area contributed by atoms with Crippen molar-refractivity contribution < 1.29 is 13.9 Å². The summed E-state index contributed by atoms with van der Waals surface area (Å²) in [5.41, 5.74) is 1.18. The molecule has 2 heterocycles. The molecule has 0 bridgehead atoms. The fourth-order valence-electron chi connectivity index (χ4n) is 3.85. The Hall–Kier alpha value is -2.44. The van der Waals surface area contributed by atoms with E-state index in [0.717, 1.165) is 35.6 Å². The summed E-state index contributed by atoms with van der Waals surface area (Å²) in [6, 6.07) is 14.4. The van der Waals surface area contributed by atoms with Gasteiger partial charge < -0.3 is 10.1 Å². The van der Waals surface area contributed by atoms with Crippen LogP contribution in [0, 0.1) is 5.82 Å². The minimum Gasteiger partial charge on any atom is -0.492 e. The summed E-state index contributed by atoms with van der Waals surface area (Å²) in [5.74, 6) is 0.760. The van der Waals surface area contributed by atoms with Crippen LogP contribution in [0.25, 0.3) is 10.1 Å². The predicted molar refractivity (Wildman–Crippen MR) is 111 cm³/mol. The van der Waals surface area contributed by atoms with E-state index in [1.807, 2.05) is 12.1 Å². The van der Waals surface area contributed by atoms with Gasteiger partial charge in [-0.05, 0) is 54.2 Å². The molecule has 0 spiro atoms. The molecule has 28 heavy (non-hydrogen) atoms. The van der Waals surface area contributed by atoms with E-state index in [-0.39, 0.29) is 11.7 Å². The number of likely N-dealkylation sites (tertiary alicyclic amines) is 1. The average Bonchev–Trinajstić information content (AvgIpc) is 3.33. The summed E-state index contributed by atoms with van der Waals surface area (Å²) in [5, 5.41) is 3.98. The molecule has 0 aliphatic carbocycles. The van der Waals surface area contributed by atoms with Crippen molar-refractivity contribution in [3.63, 3.8) is 0 Å². The molecule has 146 valence electrons. The molecule has 1 aliphatic rings. The Morgan fingerprint density at radius 1 is 1.25 bits per heavy atom. The third-order valence-corrected chi connectivity index (χ3v) is 6.42. The van der Waals surface area contributed by atoms with E-state index < -0.39 is 0 Å². The number of nitrogens with one attached hydrogen (secondary N) is 1. The van der Waals surface area contributed by atoms with Crippen LogP contribution < -0.4 is 10.1 Å². The van der Waals surface area contributed by atoms with Gasteiger partial charge in [0.25, 0.3) is 5.91 Å². The zero-order valence-corrected chi connectivity index (χ0v) is 16.6. The number of rotatable bonds is 6.